The third kappa shape index (κ3) is 4.49. The first-order chi connectivity index (χ1) is 9.14. The van der Waals surface area contributed by atoms with Gasteiger partial charge in [-0.05, 0) is 33.4 Å². The molecule has 1 aromatic heterocycles. The lowest BCUT2D eigenvalue weighted by Crippen LogP contribution is -2.35. The van der Waals surface area contributed by atoms with Gasteiger partial charge in [-0.25, -0.2) is 4.68 Å². The van der Waals surface area contributed by atoms with Crippen LogP contribution in [0.2, 0.25) is 5.02 Å². The van der Waals surface area contributed by atoms with Crippen LogP contribution in [0.4, 0.5) is 5.69 Å². The van der Waals surface area contributed by atoms with E-state index in [1.54, 1.807) is 6.20 Å². The van der Waals surface area contributed by atoms with E-state index in [0.717, 1.165) is 13.1 Å². The Hall–Kier alpha value is -1.07. The zero-order valence-electron chi connectivity index (χ0n) is 13.2. The van der Waals surface area contributed by atoms with Gasteiger partial charge in [-0.15, -0.1) is 0 Å². The van der Waals surface area contributed by atoms with Crippen molar-refractivity contribution in [2.75, 3.05) is 32.5 Å². The highest BCUT2D eigenvalue weighted by atomic mass is 35.5. The van der Waals surface area contributed by atoms with Crippen molar-refractivity contribution in [1.82, 2.24) is 14.7 Å². The molecule has 6 heteroatoms. The van der Waals surface area contributed by atoms with Crippen LogP contribution in [0.5, 0.6) is 0 Å². The monoisotopic (exact) mass is 300 g/mol. The Balaban J connectivity index is 2.85. The third-order valence-corrected chi connectivity index (χ3v) is 3.30. The fraction of sp³-hybridized carbons (Fsp3) is 0.714. The van der Waals surface area contributed by atoms with Crippen LogP contribution in [0, 0.1) is 5.41 Å². The molecule has 0 unspecified atom stereocenters. The average molecular weight is 301 g/mol. The lowest BCUT2D eigenvalue weighted by molar-refractivity contribution is 0.254. The molecule has 20 heavy (non-hydrogen) atoms. The molecule has 0 aliphatic rings. The van der Waals surface area contributed by atoms with Gasteiger partial charge in [0.05, 0.1) is 17.9 Å². The zero-order valence-corrected chi connectivity index (χ0v) is 14.0. The number of nitrogens with one attached hydrogen (secondary N) is 1. The van der Waals surface area contributed by atoms with Gasteiger partial charge in [0.15, 0.2) is 0 Å². The summed E-state index contributed by atoms with van der Waals surface area (Å²) in [5, 5.41) is 7.58. The number of nitrogens with zero attached hydrogens (tertiary/aromatic N) is 3. The van der Waals surface area contributed by atoms with Crippen LogP contribution in [0.25, 0.3) is 0 Å². The first-order valence-electron chi connectivity index (χ1n) is 6.80. The Morgan fingerprint density at radius 3 is 2.55 bits per heavy atom. The maximum Gasteiger partial charge on any atom is 0.287 e. The van der Waals surface area contributed by atoms with Gasteiger partial charge >= 0.3 is 0 Å². The maximum absolute atomic E-state index is 12.1. The first-order valence-corrected chi connectivity index (χ1v) is 7.18. The van der Waals surface area contributed by atoms with Gasteiger partial charge in [0.1, 0.15) is 5.02 Å². The maximum atomic E-state index is 12.1. The molecule has 0 aliphatic carbocycles. The summed E-state index contributed by atoms with van der Waals surface area (Å²) in [6, 6.07) is -0.000711. The molecule has 0 saturated carbocycles. The minimum atomic E-state index is -0.253. The summed E-state index contributed by atoms with van der Waals surface area (Å²) in [6.07, 6.45) is 1.62. The average Bonchev–Trinajstić information content (AvgIpc) is 2.29. The quantitative estimate of drug-likeness (QED) is 0.877. The van der Waals surface area contributed by atoms with E-state index in [9.17, 15) is 4.79 Å². The van der Waals surface area contributed by atoms with Crippen LogP contribution in [-0.2, 0) is 0 Å². The molecule has 0 aliphatic heterocycles. The highest BCUT2D eigenvalue weighted by molar-refractivity contribution is 6.32. The standard InChI is InChI=1S/C14H25ClN4O/c1-10(2)19-13(20)12(15)11(7-17-19)16-8-14(3,4)9-18(5)6/h7,10,16H,8-9H2,1-6H3. The van der Waals surface area contributed by atoms with Crippen LogP contribution < -0.4 is 10.9 Å². The molecule has 0 spiro atoms. The van der Waals surface area contributed by atoms with Crippen molar-refractivity contribution in [3.63, 3.8) is 0 Å². The highest BCUT2D eigenvalue weighted by Crippen LogP contribution is 2.21. The van der Waals surface area contributed by atoms with Gasteiger partial charge in [-0.1, -0.05) is 25.4 Å². The summed E-state index contributed by atoms with van der Waals surface area (Å²) in [5.41, 5.74) is 0.414. The molecule has 0 saturated heterocycles. The van der Waals surface area contributed by atoms with Crippen molar-refractivity contribution in [2.45, 2.75) is 33.7 Å². The third-order valence-electron chi connectivity index (χ3n) is 2.93. The number of hydrogen-bond donors (Lipinski definition) is 1. The van der Waals surface area contributed by atoms with Crippen molar-refractivity contribution in [3.05, 3.63) is 21.6 Å². The molecule has 114 valence electrons. The summed E-state index contributed by atoms with van der Waals surface area (Å²) in [5.74, 6) is 0. The van der Waals surface area contributed by atoms with Crippen LogP contribution in [0.3, 0.4) is 0 Å². The molecule has 0 amide bonds. The van der Waals surface area contributed by atoms with E-state index in [1.807, 2.05) is 27.9 Å². The second kappa shape index (κ2) is 6.59. The fourth-order valence-corrected chi connectivity index (χ4v) is 2.38. The van der Waals surface area contributed by atoms with E-state index < -0.39 is 0 Å². The molecule has 1 heterocycles. The highest BCUT2D eigenvalue weighted by Gasteiger charge is 2.20. The SMILES string of the molecule is CC(C)n1ncc(NCC(C)(C)CN(C)C)c(Cl)c1=O. The van der Waals surface area contributed by atoms with E-state index in [1.165, 1.54) is 4.68 Å². The molecule has 5 nitrogen and oxygen atoms in total. The molecule has 0 fully saturated rings. The normalized spacial score (nSPS) is 12.2. The lowest BCUT2D eigenvalue weighted by atomic mass is 9.93. The van der Waals surface area contributed by atoms with Crippen molar-refractivity contribution in [3.8, 4) is 0 Å². The Labute approximate surface area is 125 Å². The van der Waals surface area contributed by atoms with Crippen molar-refractivity contribution < 1.29 is 0 Å². The van der Waals surface area contributed by atoms with Crippen molar-refractivity contribution in [1.29, 1.82) is 0 Å². The predicted octanol–water partition coefficient (Wildman–Crippen LogP) is 2.48. The van der Waals surface area contributed by atoms with Gasteiger partial charge in [-0.2, -0.15) is 5.10 Å². The Kier molecular flexibility index (Phi) is 5.59. The molecular weight excluding hydrogens is 276 g/mol. The van der Waals surface area contributed by atoms with Crippen molar-refractivity contribution in [2.24, 2.45) is 5.41 Å². The molecule has 1 aromatic rings. The van der Waals surface area contributed by atoms with E-state index in [2.05, 4.69) is 29.2 Å². The summed E-state index contributed by atoms with van der Waals surface area (Å²) < 4.78 is 1.39. The molecular formula is C14H25ClN4O. The van der Waals surface area contributed by atoms with Gasteiger partial charge in [0, 0.05) is 13.1 Å². The number of aromatic nitrogens is 2. The Bertz CT molecular complexity index is 508. The van der Waals surface area contributed by atoms with E-state index in [-0.39, 0.29) is 22.0 Å². The smallest absolute Gasteiger partial charge is 0.287 e. The number of rotatable bonds is 6. The molecule has 1 N–H and O–H groups in total. The van der Waals surface area contributed by atoms with E-state index in [0.29, 0.717) is 5.69 Å². The van der Waals surface area contributed by atoms with Gasteiger partial charge in [-0.3, -0.25) is 4.79 Å². The number of hydrogen-bond acceptors (Lipinski definition) is 4. The molecule has 0 radical (unpaired) electrons. The van der Waals surface area contributed by atoms with Crippen LogP contribution in [0.15, 0.2) is 11.0 Å². The Morgan fingerprint density at radius 1 is 1.45 bits per heavy atom. The number of halogens is 1. The van der Waals surface area contributed by atoms with Crippen LogP contribution >= 0.6 is 11.6 Å². The first kappa shape index (κ1) is 17.0. The largest absolute Gasteiger partial charge is 0.382 e. The topological polar surface area (TPSA) is 50.2 Å². The number of anilines is 1. The minimum Gasteiger partial charge on any atom is -0.382 e. The summed E-state index contributed by atoms with van der Waals surface area (Å²) in [7, 11) is 4.08. The van der Waals surface area contributed by atoms with Crippen molar-refractivity contribution >= 4 is 17.3 Å². The second-order valence-corrected chi connectivity index (χ2v) is 6.85. The molecule has 0 atom stereocenters. The van der Waals surface area contributed by atoms with Gasteiger partial charge < -0.3 is 10.2 Å². The van der Waals surface area contributed by atoms with Crippen LogP contribution in [-0.4, -0.2) is 41.9 Å². The molecule has 0 bridgehead atoms. The summed E-state index contributed by atoms with van der Waals surface area (Å²) in [6.45, 7) is 9.79. The van der Waals surface area contributed by atoms with Gasteiger partial charge in [0.2, 0.25) is 0 Å². The van der Waals surface area contributed by atoms with E-state index >= 15 is 0 Å². The van der Waals surface area contributed by atoms with E-state index in [4.69, 9.17) is 11.6 Å². The molecule has 1 rings (SSSR count). The molecule has 0 aromatic carbocycles. The lowest BCUT2D eigenvalue weighted by Gasteiger charge is -2.29. The fourth-order valence-electron chi connectivity index (χ4n) is 2.18. The predicted molar refractivity (Wildman–Crippen MR) is 84.7 cm³/mol. The summed E-state index contributed by atoms with van der Waals surface area (Å²) in [4.78, 5) is 14.2. The Morgan fingerprint density at radius 2 is 2.05 bits per heavy atom. The van der Waals surface area contributed by atoms with Gasteiger partial charge in [0.25, 0.3) is 5.56 Å². The zero-order chi connectivity index (χ0) is 15.5. The minimum absolute atomic E-state index is 0.000711. The summed E-state index contributed by atoms with van der Waals surface area (Å²) >= 11 is 6.13. The van der Waals surface area contributed by atoms with Crippen LogP contribution in [0.1, 0.15) is 33.7 Å². The second-order valence-electron chi connectivity index (χ2n) is 6.47.